The summed E-state index contributed by atoms with van der Waals surface area (Å²) >= 11 is 0. The van der Waals surface area contributed by atoms with Crippen LogP contribution in [0.1, 0.15) is 43.7 Å². The fraction of sp³-hybridized carbons (Fsp3) is 0.600. The number of esters is 1. The zero-order chi connectivity index (χ0) is 18.5. The molecule has 134 valence electrons. The summed E-state index contributed by atoms with van der Waals surface area (Å²) in [6.07, 6.45) is -0.704. The summed E-state index contributed by atoms with van der Waals surface area (Å²) in [5.74, 6) is -0.880. The molecule has 0 aromatic carbocycles. The summed E-state index contributed by atoms with van der Waals surface area (Å²) < 4.78 is 11.4. The maximum Gasteiger partial charge on any atom is 0.408 e. The molecule has 24 heavy (non-hydrogen) atoms. The van der Waals surface area contributed by atoms with Gasteiger partial charge in [0.25, 0.3) is 0 Å². The molecule has 1 aromatic rings. The van der Waals surface area contributed by atoms with Gasteiger partial charge in [0.1, 0.15) is 23.5 Å². The highest BCUT2D eigenvalue weighted by atomic mass is 16.6. The molecular formula is C15H24N4O5. The molecule has 2 amide bonds. The molecule has 0 saturated heterocycles. The highest BCUT2D eigenvalue weighted by Crippen LogP contribution is 2.19. The van der Waals surface area contributed by atoms with Crippen molar-refractivity contribution in [2.24, 2.45) is 7.05 Å². The van der Waals surface area contributed by atoms with E-state index in [0.717, 1.165) is 0 Å². The highest BCUT2D eigenvalue weighted by Gasteiger charge is 2.23. The Balaban J connectivity index is 2.74. The van der Waals surface area contributed by atoms with Crippen molar-refractivity contribution in [1.82, 2.24) is 15.1 Å². The van der Waals surface area contributed by atoms with Crippen LogP contribution >= 0.6 is 0 Å². The molecular weight excluding hydrogens is 316 g/mol. The lowest BCUT2D eigenvalue weighted by molar-refractivity contribution is -0.115. The fourth-order valence-electron chi connectivity index (χ4n) is 1.89. The number of nitrogens with zero attached hydrogens (tertiary/aromatic N) is 2. The van der Waals surface area contributed by atoms with E-state index in [0.29, 0.717) is 5.69 Å². The van der Waals surface area contributed by atoms with Gasteiger partial charge in [-0.2, -0.15) is 5.10 Å². The molecule has 0 atom stereocenters. The van der Waals surface area contributed by atoms with E-state index >= 15 is 0 Å². The first kappa shape index (κ1) is 19.5. The summed E-state index contributed by atoms with van der Waals surface area (Å²) in [4.78, 5) is 35.5. The van der Waals surface area contributed by atoms with Crippen molar-refractivity contribution in [2.75, 3.05) is 18.5 Å². The van der Waals surface area contributed by atoms with Crippen LogP contribution in [0.4, 0.5) is 10.6 Å². The van der Waals surface area contributed by atoms with Crippen LogP contribution in [-0.4, -0.2) is 46.5 Å². The molecule has 0 fully saturated rings. The number of aromatic nitrogens is 2. The van der Waals surface area contributed by atoms with Gasteiger partial charge in [0.15, 0.2) is 0 Å². The predicted octanol–water partition coefficient (Wildman–Crippen LogP) is 1.37. The number of nitrogens with one attached hydrogen (secondary N) is 2. The minimum absolute atomic E-state index is 0.185. The van der Waals surface area contributed by atoms with Crippen LogP contribution in [0.2, 0.25) is 0 Å². The zero-order valence-corrected chi connectivity index (χ0v) is 14.8. The standard InChI is InChI=1S/C15H24N4O5/c1-7-23-13(21)11-9(2)18-19(6)12(11)17-10(20)8-16-14(22)24-15(3,4)5/h7-8H2,1-6H3,(H,16,22)(H,17,20). The minimum atomic E-state index is -0.704. The quantitative estimate of drug-likeness (QED) is 0.783. The molecule has 0 spiro atoms. The van der Waals surface area contributed by atoms with Crippen LogP contribution in [0.3, 0.4) is 0 Å². The minimum Gasteiger partial charge on any atom is -0.462 e. The molecule has 0 unspecified atom stereocenters. The molecule has 0 aliphatic carbocycles. The van der Waals surface area contributed by atoms with Crippen molar-refractivity contribution in [2.45, 2.75) is 40.2 Å². The van der Waals surface area contributed by atoms with Crippen LogP contribution in [0.5, 0.6) is 0 Å². The van der Waals surface area contributed by atoms with E-state index in [1.54, 1.807) is 41.7 Å². The normalized spacial score (nSPS) is 10.9. The van der Waals surface area contributed by atoms with Gasteiger partial charge in [-0.05, 0) is 34.6 Å². The molecule has 2 N–H and O–H groups in total. The van der Waals surface area contributed by atoms with Crippen molar-refractivity contribution in [3.8, 4) is 0 Å². The van der Waals surface area contributed by atoms with Crippen LogP contribution in [0.25, 0.3) is 0 Å². The van der Waals surface area contributed by atoms with Gasteiger partial charge in [0, 0.05) is 7.05 Å². The largest absolute Gasteiger partial charge is 0.462 e. The number of anilines is 1. The molecule has 0 bridgehead atoms. The van der Waals surface area contributed by atoms with E-state index in [9.17, 15) is 14.4 Å². The van der Waals surface area contributed by atoms with E-state index in [1.165, 1.54) is 4.68 Å². The van der Waals surface area contributed by atoms with E-state index in [2.05, 4.69) is 15.7 Å². The van der Waals surface area contributed by atoms with Gasteiger partial charge in [-0.15, -0.1) is 0 Å². The van der Waals surface area contributed by atoms with E-state index in [-0.39, 0.29) is 24.5 Å². The summed E-state index contributed by atoms with van der Waals surface area (Å²) in [5, 5.41) is 8.99. The van der Waals surface area contributed by atoms with Gasteiger partial charge in [0.05, 0.1) is 12.3 Å². The Labute approximate surface area is 140 Å². The third-order valence-electron chi connectivity index (χ3n) is 2.75. The number of carbonyl (C=O) groups excluding carboxylic acids is 3. The van der Waals surface area contributed by atoms with Crippen LogP contribution < -0.4 is 10.6 Å². The predicted molar refractivity (Wildman–Crippen MR) is 86.8 cm³/mol. The summed E-state index contributed by atoms with van der Waals surface area (Å²) in [5.41, 5.74) is -0.0344. The lowest BCUT2D eigenvalue weighted by atomic mass is 10.2. The third-order valence-corrected chi connectivity index (χ3v) is 2.75. The Bertz CT molecular complexity index is 631. The number of rotatable bonds is 5. The second kappa shape index (κ2) is 7.80. The van der Waals surface area contributed by atoms with Crippen LogP contribution in [0, 0.1) is 6.92 Å². The van der Waals surface area contributed by atoms with Crippen molar-refractivity contribution < 1.29 is 23.9 Å². The topological polar surface area (TPSA) is 112 Å². The number of aryl methyl sites for hydroxylation is 2. The fourth-order valence-corrected chi connectivity index (χ4v) is 1.89. The molecule has 0 aliphatic rings. The summed E-state index contributed by atoms with van der Waals surface area (Å²) in [6.45, 7) is 8.39. The van der Waals surface area contributed by atoms with Gasteiger partial charge in [0.2, 0.25) is 5.91 Å². The molecule has 9 heteroatoms. The lowest BCUT2D eigenvalue weighted by Crippen LogP contribution is -2.37. The zero-order valence-electron chi connectivity index (χ0n) is 14.8. The van der Waals surface area contributed by atoms with Gasteiger partial charge in [-0.25, -0.2) is 9.59 Å². The van der Waals surface area contributed by atoms with Gasteiger partial charge in [-0.3, -0.25) is 9.48 Å². The van der Waals surface area contributed by atoms with E-state index in [4.69, 9.17) is 9.47 Å². The average molecular weight is 340 g/mol. The Hall–Kier alpha value is -2.58. The number of carbonyl (C=O) groups is 3. The molecule has 0 aliphatic heterocycles. The monoisotopic (exact) mass is 340 g/mol. The third kappa shape index (κ3) is 5.56. The van der Waals surface area contributed by atoms with Gasteiger partial charge >= 0.3 is 12.1 Å². The highest BCUT2D eigenvalue weighted by molar-refractivity contribution is 6.02. The maximum atomic E-state index is 12.0. The van der Waals surface area contributed by atoms with E-state index < -0.39 is 23.6 Å². The first-order chi connectivity index (χ1) is 11.0. The summed E-state index contributed by atoms with van der Waals surface area (Å²) in [6, 6.07) is 0. The van der Waals surface area contributed by atoms with Gasteiger partial charge in [-0.1, -0.05) is 0 Å². The van der Waals surface area contributed by atoms with Crippen molar-refractivity contribution >= 4 is 23.8 Å². The Morgan fingerprint density at radius 2 is 1.88 bits per heavy atom. The summed E-state index contributed by atoms with van der Waals surface area (Å²) in [7, 11) is 1.59. The second-order valence-corrected chi connectivity index (χ2v) is 6.06. The SMILES string of the molecule is CCOC(=O)c1c(C)nn(C)c1NC(=O)CNC(=O)OC(C)(C)C. The Kier molecular flexibility index (Phi) is 6.33. The second-order valence-electron chi connectivity index (χ2n) is 6.06. The molecule has 0 radical (unpaired) electrons. The van der Waals surface area contributed by atoms with Crippen molar-refractivity contribution in [1.29, 1.82) is 0 Å². The van der Waals surface area contributed by atoms with Crippen LogP contribution in [-0.2, 0) is 21.3 Å². The van der Waals surface area contributed by atoms with Crippen LogP contribution in [0.15, 0.2) is 0 Å². The number of alkyl carbamates (subject to hydrolysis) is 1. The molecule has 1 heterocycles. The van der Waals surface area contributed by atoms with Gasteiger partial charge < -0.3 is 20.1 Å². The Morgan fingerprint density at radius 1 is 1.25 bits per heavy atom. The number of ether oxygens (including phenoxy) is 2. The average Bonchev–Trinajstić information content (AvgIpc) is 2.69. The number of hydrogen-bond acceptors (Lipinski definition) is 6. The Morgan fingerprint density at radius 3 is 2.42 bits per heavy atom. The molecule has 1 aromatic heterocycles. The molecule has 9 nitrogen and oxygen atoms in total. The number of hydrogen-bond donors (Lipinski definition) is 2. The first-order valence-electron chi connectivity index (χ1n) is 7.52. The van der Waals surface area contributed by atoms with Crippen molar-refractivity contribution in [3.63, 3.8) is 0 Å². The smallest absolute Gasteiger partial charge is 0.408 e. The number of amides is 2. The maximum absolute atomic E-state index is 12.0. The molecule has 0 saturated carbocycles. The lowest BCUT2D eigenvalue weighted by Gasteiger charge is -2.19. The first-order valence-corrected chi connectivity index (χ1v) is 7.52. The van der Waals surface area contributed by atoms with E-state index in [1.807, 2.05) is 0 Å². The van der Waals surface area contributed by atoms with Crippen molar-refractivity contribution in [3.05, 3.63) is 11.3 Å². The molecule has 1 rings (SSSR count).